The fraction of sp³-hybridized carbons (Fsp3) is 0.250. The van der Waals surface area contributed by atoms with Crippen molar-refractivity contribution in [2.24, 2.45) is 0 Å². The van der Waals surface area contributed by atoms with Crippen molar-refractivity contribution in [2.75, 3.05) is 0 Å². The van der Waals surface area contributed by atoms with Crippen molar-refractivity contribution >= 4 is 5.57 Å². The topological polar surface area (TPSA) is 12.9 Å². The monoisotopic (exact) mass is 189 g/mol. The normalized spacial score (nSPS) is 16.1. The van der Waals surface area contributed by atoms with Gasteiger partial charge in [-0.2, -0.15) is 0 Å². The van der Waals surface area contributed by atoms with Crippen molar-refractivity contribution in [1.29, 1.82) is 0 Å². The molecule has 1 aliphatic rings. The molecule has 2 rings (SSSR count). The minimum absolute atomic E-state index is 0.0520. The smallest absolute Gasteiger partial charge is 0.110 e. The van der Waals surface area contributed by atoms with E-state index in [1.807, 2.05) is 31.2 Å². The molecule has 14 heavy (non-hydrogen) atoms. The molecule has 1 heterocycles. The van der Waals surface area contributed by atoms with Gasteiger partial charge in [-0.25, -0.2) is 4.39 Å². The summed E-state index contributed by atoms with van der Waals surface area (Å²) in [7, 11) is 0. The van der Waals surface area contributed by atoms with Gasteiger partial charge < -0.3 is 0 Å². The highest BCUT2D eigenvalue weighted by Crippen LogP contribution is 2.26. The maximum Gasteiger partial charge on any atom is 0.110 e. The maximum absolute atomic E-state index is 13.4. The van der Waals surface area contributed by atoms with Crippen LogP contribution in [-0.4, -0.2) is 4.98 Å². The van der Waals surface area contributed by atoms with Crippen molar-refractivity contribution in [2.45, 2.75) is 19.8 Å². The van der Waals surface area contributed by atoms with E-state index in [-0.39, 0.29) is 5.83 Å². The van der Waals surface area contributed by atoms with Crippen molar-refractivity contribution in [1.82, 2.24) is 4.98 Å². The molecule has 72 valence electrons. The number of rotatable bonds is 1. The number of allylic oxidation sites excluding steroid dienone is 4. The molecule has 0 bridgehead atoms. The number of aryl methyl sites for hydroxylation is 1. The summed E-state index contributed by atoms with van der Waals surface area (Å²) < 4.78 is 13.4. The van der Waals surface area contributed by atoms with Crippen molar-refractivity contribution in [3.63, 3.8) is 0 Å². The fourth-order valence-electron chi connectivity index (χ4n) is 1.49. The van der Waals surface area contributed by atoms with E-state index in [1.165, 1.54) is 0 Å². The van der Waals surface area contributed by atoms with Gasteiger partial charge in [-0.05, 0) is 25.0 Å². The molecule has 1 aromatic heterocycles. The Morgan fingerprint density at radius 2 is 2.21 bits per heavy atom. The van der Waals surface area contributed by atoms with Crippen molar-refractivity contribution in [3.05, 3.63) is 47.6 Å². The van der Waals surface area contributed by atoms with Gasteiger partial charge in [0.15, 0.2) is 0 Å². The third kappa shape index (κ3) is 1.74. The molecule has 0 aromatic carbocycles. The molecule has 0 saturated carbocycles. The zero-order chi connectivity index (χ0) is 9.97. The number of aromatic nitrogens is 1. The number of pyridine rings is 1. The van der Waals surface area contributed by atoms with Crippen LogP contribution < -0.4 is 0 Å². The first-order valence-electron chi connectivity index (χ1n) is 4.75. The highest BCUT2D eigenvalue weighted by atomic mass is 19.1. The van der Waals surface area contributed by atoms with Crippen LogP contribution in [-0.2, 0) is 0 Å². The van der Waals surface area contributed by atoms with Crippen LogP contribution in [0.2, 0.25) is 0 Å². The van der Waals surface area contributed by atoms with E-state index >= 15 is 0 Å². The summed E-state index contributed by atoms with van der Waals surface area (Å²) in [6, 6.07) is 3.81. The Balaban J connectivity index is 2.39. The van der Waals surface area contributed by atoms with Gasteiger partial charge in [0.25, 0.3) is 0 Å². The molecule has 1 aromatic rings. The lowest BCUT2D eigenvalue weighted by Gasteiger charge is -2.08. The van der Waals surface area contributed by atoms with Crippen LogP contribution in [0.4, 0.5) is 4.39 Å². The minimum atomic E-state index is -0.0520. The van der Waals surface area contributed by atoms with E-state index in [2.05, 4.69) is 4.98 Å². The Kier molecular flexibility index (Phi) is 2.44. The molecule has 0 aliphatic heterocycles. The summed E-state index contributed by atoms with van der Waals surface area (Å²) >= 11 is 0. The average molecular weight is 189 g/mol. The Bertz CT molecular complexity index is 387. The van der Waals surface area contributed by atoms with Crippen LogP contribution in [0.25, 0.3) is 5.57 Å². The van der Waals surface area contributed by atoms with Crippen LogP contribution in [0.15, 0.2) is 36.3 Å². The lowest BCUT2D eigenvalue weighted by Crippen LogP contribution is -1.93. The largest absolute Gasteiger partial charge is 0.256 e. The predicted octanol–water partition coefficient (Wildman–Crippen LogP) is 3.42. The van der Waals surface area contributed by atoms with Crippen molar-refractivity contribution < 1.29 is 4.39 Å². The van der Waals surface area contributed by atoms with Crippen LogP contribution in [0.3, 0.4) is 0 Å². The van der Waals surface area contributed by atoms with Crippen LogP contribution >= 0.6 is 0 Å². The zero-order valence-corrected chi connectivity index (χ0v) is 8.13. The highest BCUT2D eigenvalue weighted by molar-refractivity contribution is 5.74. The lowest BCUT2D eigenvalue weighted by molar-refractivity contribution is 0.592. The Labute approximate surface area is 83.0 Å². The molecule has 0 saturated heterocycles. The molecular weight excluding hydrogens is 177 g/mol. The Hall–Kier alpha value is -1.44. The van der Waals surface area contributed by atoms with Gasteiger partial charge in [0, 0.05) is 18.2 Å². The summed E-state index contributed by atoms with van der Waals surface area (Å²) in [6.07, 6.45) is 6.86. The highest BCUT2D eigenvalue weighted by Gasteiger charge is 2.10. The van der Waals surface area contributed by atoms with E-state index in [9.17, 15) is 4.39 Å². The summed E-state index contributed by atoms with van der Waals surface area (Å²) in [4.78, 5) is 4.20. The van der Waals surface area contributed by atoms with Crippen LogP contribution in [0.5, 0.6) is 0 Å². The molecule has 1 aliphatic carbocycles. The van der Waals surface area contributed by atoms with Crippen LogP contribution in [0.1, 0.15) is 24.1 Å². The maximum atomic E-state index is 13.4. The van der Waals surface area contributed by atoms with Gasteiger partial charge in [0.2, 0.25) is 0 Å². The van der Waals surface area contributed by atoms with E-state index in [1.54, 1.807) is 6.20 Å². The van der Waals surface area contributed by atoms with Gasteiger partial charge in [0.1, 0.15) is 5.83 Å². The second kappa shape index (κ2) is 3.74. The van der Waals surface area contributed by atoms with E-state index in [0.29, 0.717) is 12.0 Å². The van der Waals surface area contributed by atoms with E-state index in [4.69, 9.17) is 0 Å². The molecule has 0 N–H and O–H groups in total. The fourth-order valence-corrected chi connectivity index (χ4v) is 1.49. The average Bonchev–Trinajstić information content (AvgIpc) is 2.20. The van der Waals surface area contributed by atoms with Gasteiger partial charge in [-0.3, -0.25) is 4.98 Å². The molecule has 0 fully saturated rings. The number of halogens is 1. The number of hydrogen-bond donors (Lipinski definition) is 0. The third-order valence-corrected chi connectivity index (χ3v) is 2.29. The first-order valence-corrected chi connectivity index (χ1v) is 4.75. The summed E-state index contributed by atoms with van der Waals surface area (Å²) in [5, 5.41) is 0. The van der Waals surface area contributed by atoms with Gasteiger partial charge in [-0.15, -0.1) is 0 Å². The van der Waals surface area contributed by atoms with Crippen LogP contribution in [0, 0.1) is 6.92 Å². The molecule has 0 amide bonds. The molecule has 2 heteroatoms. The minimum Gasteiger partial charge on any atom is -0.256 e. The molecule has 0 spiro atoms. The van der Waals surface area contributed by atoms with E-state index < -0.39 is 0 Å². The Morgan fingerprint density at radius 1 is 1.36 bits per heavy atom. The first kappa shape index (κ1) is 9.13. The SMILES string of the molecule is Cc1ccc(C2=C(F)CCC=C2)nc1. The molecular formula is C12H12FN. The second-order valence-corrected chi connectivity index (χ2v) is 3.48. The molecule has 1 nitrogen and oxygen atoms in total. The molecule has 0 radical (unpaired) electrons. The second-order valence-electron chi connectivity index (χ2n) is 3.48. The summed E-state index contributed by atoms with van der Waals surface area (Å²) in [5.41, 5.74) is 2.45. The molecule has 0 unspecified atom stereocenters. The standard InChI is InChI=1S/C12H12FN/c1-9-6-7-12(14-8-9)10-4-2-3-5-11(10)13/h2,4,6-8H,3,5H2,1H3. The zero-order valence-electron chi connectivity index (χ0n) is 8.13. The quantitative estimate of drug-likeness (QED) is 0.659. The van der Waals surface area contributed by atoms with Gasteiger partial charge in [0.05, 0.1) is 5.69 Å². The van der Waals surface area contributed by atoms with Crippen molar-refractivity contribution in [3.8, 4) is 0 Å². The summed E-state index contributed by atoms with van der Waals surface area (Å²) in [6.45, 7) is 1.97. The third-order valence-electron chi connectivity index (χ3n) is 2.29. The number of hydrogen-bond acceptors (Lipinski definition) is 1. The predicted molar refractivity (Wildman–Crippen MR) is 55.4 cm³/mol. The summed E-state index contributed by atoms with van der Waals surface area (Å²) in [5.74, 6) is -0.0520. The molecule has 0 atom stereocenters. The first-order chi connectivity index (χ1) is 6.77. The lowest BCUT2D eigenvalue weighted by atomic mass is 10.0. The Morgan fingerprint density at radius 3 is 2.86 bits per heavy atom. The van der Waals surface area contributed by atoms with Gasteiger partial charge in [-0.1, -0.05) is 18.2 Å². The van der Waals surface area contributed by atoms with Gasteiger partial charge >= 0.3 is 0 Å². The number of nitrogens with zero attached hydrogens (tertiary/aromatic N) is 1. The van der Waals surface area contributed by atoms with E-state index in [0.717, 1.165) is 17.7 Å².